The monoisotopic (exact) mass is 394 g/mol. The number of hydrogen-bond donors (Lipinski definition) is 1. The van der Waals surface area contributed by atoms with Gasteiger partial charge in [0.05, 0.1) is 5.69 Å². The number of amides is 1. The number of carbonyl (C=O) groups is 1. The highest BCUT2D eigenvalue weighted by molar-refractivity contribution is 6.03. The number of benzene rings is 2. The van der Waals surface area contributed by atoms with Crippen LogP contribution in [0.5, 0.6) is 0 Å². The molecule has 0 unspecified atom stereocenters. The normalized spacial score (nSPS) is 14.0. The van der Waals surface area contributed by atoms with Gasteiger partial charge in [-0.25, -0.2) is 8.78 Å². The molecule has 4 rings (SSSR count). The number of nitrogens with zero attached hydrogens (tertiary/aromatic N) is 3. The van der Waals surface area contributed by atoms with Crippen LogP contribution < -0.4 is 15.1 Å². The molecule has 0 bridgehead atoms. The topological polar surface area (TPSA) is 48.5 Å². The number of carbonyl (C=O) groups excluding carboxylic acids is 1. The number of aromatic nitrogens is 1. The van der Waals surface area contributed by atoms with Crippen LogP contribution >= 0.6 is 0 Å². The van der Waals surface area contributed by atoms with Gasteiger partial charge in [-0.2, -0.15) is 0 Å². The Morgan fingerprint density at radius 2 is 1.52 bits per heavy atom. The zero-order chi connectivity index (χ0) is 20.2. The second-order valence-corrected chi connectivity index (χ2v) is 6.78. The molecule has 5 nitrogen and oxygen atoms in total. The van der Waals surface area contributed by atoms with E-state index in [1.54, 1.807) is 36.5 Å². The average molecular weight is 394 g/mol. The molecular formula is C22H20F2N4O. The highest BCUT2D eigenvalue weighted by Gasteiger charge is 2.19. The van der Waals surface area contributed by atoms with E-state index < -0.39 is 11.7 Å². The SMILES string of the molecule is O=C(Nc1ccccc1F)c1cc(N2CCN(c3ccc(F)cc3)CC2)ccn1. The summed E-state index contributed by atoms with van der Waals surface area (Å²) in [4.78, 5) is 21.0. The summed E-state index contributed by atoms with van der Waals surface area (Å²) in [6, 6.07) is 16.1. The number of pyridine rings is 1. The highest BCUT2D eigenvalue weighted by Crippen LogP contribution is 2.22. The van der Waals surface area contributed by atoms with Crippen molar-refractivity contribution < 1.29 is 13.6 Å². The van der Waals surface area contributed by atoms with Crippen molar-refractivity contribution in [2.45, 2.75) is 0 Å². The molecule has 1 aromatic heterocycles. The van der Waals surface area contributed by atoms with Crippen molar-refractivity contribution in [3.8, 4) is 0 Å². The van der Waals surface area contributed by atoms with Crippen molar-refractivity contribution in [2.75, 3.05) is 41.3 Å². The third-order valence-corrected chi connectivity index (χ3v) is 4.93. The molecule has 3 aromatic rings. The van der Waals surface area contributed by atoms with Crippen molar-refractivity contribution in [3.63, 3.8) is 0 Å². The maximum absolute atomic E-state index is 13.8. The summed E-state index contributed by atoms with van der Waals surface area (Å²) in [5.41, 5.74) is 2.23. The number of nitrogens with one attached hydrogen (secondary N) is 1. The Bertz CT molecular complexity index is 1000. The first-order chi connectivity index (χ1) is 14.1. The highest BCUT2D eigenvalue weighted by atomic mass is 19.1. The van der Waals surface area contributed by atoms with Gasteiger partial charge in [0.15, 0.2) is 0 Å². The summed E-state index contributed by atoms with van der Waals surface area (Å²) >= 11 is 0. The molecule has 2 heterocycles. The van der Waals surface area contributed by atoms with Crippen molar-refractivity contribution in [2.24, 2.45) is 0 Å². The molecule has 0 atom stereocenters. The van der Waals surface area contributed by atoms with Crippen LogP contribution in [-0.2, 0) is 0 Å². The lowest BCUT2D eigenvalue weighted by Crippen LogP contribution is -2.46. The summed E-state index contributed by atoms with van der Waals surface area (Å²) < 4.78 is 26.9. The van der Waals surface area contributed by atoms with Gasteiger partial charge in [0, 0.05) is 43.8 Å². The molecule has 29 heavy (non-hydrogen) atoms. The number of piperazine rings is 1. The van der Waals surface area contributed by atoms with Gasteiger partial charge in [0.1, 0.15) is 17.3 Å². The van der Waals surface area contributed by atoms with Gasteiger partial charge >= 0.3 is 0 Å². The van der Waals surface area contributed by atoms with E-state index in [0.29, 0.717) is 0 Å². The number of halogens is 2. The summed E-state index contributed by atoms with van der Waals surface area (Å²) in [6.07, 6.45) is 1.58. The Hall–Kier alpha value is -3.48. The standard InChI is InChI=1S/C22H20F2N4O/c23-16-5-7-17(8-6-16)27-11-13-28(14-12-27)18-9-10-25-21(15-18)22(29)26-20-4-2-1-3-19(20)24/h1-10,15H,11-14H2,(H,26,29). The molecule has 0 spiro atoms. The van der Waals surface area contributed by atoms with Gasteiger partial charge in [-0.05, 0) is 48.5 Å². The first-order valence-corrected chi connectivity index (χ1v) is 9.37. The predicted molar refractivity (Wildman–Crippen MR) is 109 cm³/mol. The van der Waals surface area contributed by atoms with E-state index in [1.807, 2.05) is 6.07 Å². The quantitative estimate of drug-likeness (QED) is 0.728. The van der Waals surface area contributed by atoms with Gasteiger partial charge in [0.2, 0.25) is 0 Å². The zero-order valence-electron chi connectivity index (χ0n) is 15.7. The molecular weight excluding hydrogens is 374 g/mol. The van der Waals surface area contributed by atoms with E-state index in [0.717, 1.165) is 37.6 Å². The van der Waals surface area contributed by atoms with Gasteiger partial charge in [-0.3, -0.25) is 9.78 Å². The number of para-hydroxylation sites is 1. The predicted octanol–water partition coefficient (Wildman–Crippen LogP) is 3.94. The summed E-state index contributed by atoms with van der Waals surface area (Å²) in [5, 5.41) is 2.56. The molecule has 2 aromatic carbocycles. The second-order valence-electron chi connectivity index (χ2n) is 6.78. The van der Waals surface area contributed by atoms with Crippen LogP contribution in [0.3, 0.4) is 0 Å². The minimum Gasteiger partial charge on any atom is -0.368 e. The molecule has 1 saturated heterocycles. The number of anilines is 3. The molecule has 1 fully saturated rings. The molecule has 1 amide bonds. The molecule has 148 valence electrons. The van der Waals surface area contributed by atoms with E-state index in [4.69, 9.17) is 0 Å². The largest absolute Gasteiger partial charge is 0.368 e. The van der Waals surface area contributed by atoms with E-state index in [1.165, 1.54) is 24.3 Å². The van der Waals surface area contributed by atoms with Crippen molar-refractivity contribution in [1.82, 2.24) is 4.98 Å². The minimum atomic E-state index is -0.492. The van der Waals surface area contributed by atoms with Gasteiger partial charge < -0.3 is 15.1 Å². The lowest BCUT2D eigenvalue weighted by atomic mass is 10.2. The third-order valence-electron chi connectivity index (χ3n) is 4.93. The van der Waals surface area contributed by atoms with E-state index in [2.05, 4.69) is 20.1 Å². The van der Waals surface area contributed by atoms with Crippen molar-refractivity contribution in [1.29, 1.82) is 0 Å². The van der Waals surface area contributed by atoms with Gasteiger partial charge in [0.25, 0.3) is 5.91 Å². The zero-order valence-corrected chi connectivity index (χ0v) is 15.7. The summed E-state index contributed by atoms with van der Waals surface area (Å²) in [6.45, 7) is 3.08. The molecule has 0 saturated carbocycles. The van der Waals surface area contributed by atoms with Gasteiger partial charge in [-0.15, -0.1) is 0 Å². The van der Waals surface area contributed by atoms with Crippen LogP contribution in [0.25, 0.3) is 0 Å². The van der Waals surface area contributed by atoms with Crippen molar-refractivity contribution >= 4 is 23.0 Å². The lowest BCUT2D eigenvalue weighted by molar-refractivity contribution is 0.102. The molecule has 0 radical (unpaired) electrons. The Morgan fingerprint density at radius 3 is 2.21 bits per heavy atom. The Morgan fingerprint density at radius 1 is 0.862 bits per heavy atom. The Balaban J connectivity index is 1.42. The van der Waals surface area contributed by atoms with Crippen LogP contribution in [0.1, 0.15) is 10.5 Å². The smallest absolute Gasteiger partial charge is 0.274 e. The van der Waals surface area contributed by atoms with E-state index >= 15 is 0 Å². The van der Waals surface area contributed by atoms with Crippen LogP contribution in [0.2, 0.25) is 0 Å². The van der Waals surface area contributed by atoms with Crippen LogP contribution in [0.15, 0.2) is 66.9 Å². The van der Waals surface area contributed by atoms with Gasteiger partial charge in [-0.1, -0.05) is 12.1 Å². The fraction of sp³-hybridized carbons (Fsp3) is 0.182. The second kappa shape index (κ2) is 8.26. The summed E-state index contributed by atoms with van der Waals surface area (Å²) in [5.74, 6) is -1.19. The molecule has 1 N–H and O–H groups in total. The van der Waals surface area contributed by atoms with E-state index in [9.17, 15) is 13.6 Å². The molecule has 7 heteroatoms. The Kier molecular flexibility index (Phi) is 5.37. The van der Waals surface area contributed by atoms with Crippen LogP contribution in [0, 0.1) is 11.6 Å². The molecule has 1 aliphatic heterocycles. The fourth-order valence-electron chi connectivity index (χ4n) is 3.36. The fourth-order valence-corrected chi connectivity index (χ4v) is 3.36. The van der Waals surface area contributed by atoms with E-state index in [-0.39, 0.29) is 17.2 Å². The number of rotatable bonds is 4. The summed E-state index contributed by atoms with van der Waals surface area (Å²) in [7, 11) is 0. The van der Waals surface area contributed by atoms with Crippen molar-refractivity contribution in [3.05, 3.63) is 84.2 Å². The Labute approximate surface area is 167 Å². The average Bonchev–Trinajstić information content (AvgIpc) is 2.76. The lowest BCUT2D eigenvalue weighted by Gasteiger charge is -2.37. The van der Waals surface area contributed by atoms with Crippen LogP contribution in [0.4, 0.5) is 25.8 Å². The minimum absolute atomic E-state index is 0.123. The number of hydrogen-bond acceptors (Lipinski definition) is 4. The third kappa shape index (κ3) is 4.34. The first-order valence-electron chi connectivity index (χ1n) is 9.37. The first kappa shape index (κ1) is 18.9. The molecule has 1 aliphatic rings. The molecule has 0 aliphatic carbocycles. The maximum atomic E-state index is 13.8. The van der Waals surface area contributed by atoms with Crippen LogP contribution in [-0.4, -0.2) is 37.1 Å². The maximum Gasteiger partial charge on any atom is 0.274 e.